The molecule has 1 amide bonds. The van der Waals surface area contributed by atoms with E-state index in [2.05, 4.69) is 27.2 Å². The van der Waals surface area contributed by atoms with Gasteiger partial charge in [-0.1, -0.05) is 31.5 Å². The van der Waals surface area contributed by atoms with E-state index >= 15 is 0 Å². The number of benzene rings is 1. The standard InChI is InChI=1S/C22H31N5O2/c1-2-20-23-22(25-27(20)18-8-4-3-5-9-18)24-21(28)19-10-6-7-13-26(19)16-17-11-14-29-15-12-17/h3-5,8-9,17,19H,2,6-7,10-16H2,1H3,(H,24,25,28)/p+1. The molecule has 0 saturated carbocycles. The molecule has 2 aromatic rings. The van der Waals surface area contributed by atoms with E-state index in [9.17, 15) is 4.79 Å². The van der Waals surface area contributed by atoms with Gasteiger partial charge in [0.05, 0.1) is 12.5 Å². The Balaban J connectivity index is 1.45. The maximum absolute atomic E-state index is 13.1. The number of likely N-dealkylation sites (tertiary alicyclic amines) is 1. The zero-order chi connectivity index (χ0) is 20.1. The van der Waals surface area contributed by atoms with Crippen LogP contribution in [0.25, 0.3) is 5.69 Å². The molecule has 7 nitrogen and oxygen atoms in total. The maximum atomic E-state index is 13.1. The molecule has 7 heteroatoms. The lowest BCUT2D eigenvalue weighted by Crippen LogP contribution is -2.49. The number of para-hydroxylation sites is 1. The van der Waals surface area contributed by atoms with Gasteiger partial charge >= 0.3 is 11.8 Å². The zero-order valence-corrected chi connectivity index (χ0v) is 17.3. The minimum absolute atomic E-state index is 0.0494. The number of nitrogens with one attached hydrogen (secondary N) is 2. The number of aromatic nitrogens is 3. The minimum Gasteiger partial charge on any atom is -0.381 e. The number of H-pyrrole nitrogens is 1. The summed E-state index contributed by atoms with van der Waals surface area (Å²) < 4.78 is 7.43. The molecular weight excluding hydrogens is 366 g/mol. The normalized spacial score (nSPS) is 21.2. The van der Waals surface area contributed by atoms with Gasteiger partial charge in [0.15, 0.2) is 5.69 Å². The molecule has 29 heavy (non-hydrogen) atoms. The molecule has 0 bridgehead atoms. The van der Waals surface area contributed by atoms with Gasteiger partial charge in [0, 0.05) is 19.8 Å². The Morgan fingerprint density at radius 1 is 1.24 bits per heavy atom. The third-order valence-corrected chi connectivity index (χ3v) is 6.04. The highest BCUT2D eigenvalue weighted by atomic mass is 16.5. The van der Waals surface area contributed by atoms with Crippen LogP contribution in [0.2, 0.25) is 0 Å². The van der Waals surface area contributed by atoms with Gasteiger partial charge in [-0.3, -0.25) is 15.0 Å². The lowest BCUT2D eigenvalue weighted by atomic mass is 9.95. The van der Waals surface area contributed by atoms with E-state index < -0.39 is 0 Å². The number of anilines is 1. The molecule has 3 heterocycles. The van der Waals surface area contributed by atoms with Crippen LogP contribution in [-0.4, -0.2) is 53.2 Å². The lowest BCUT2D eigenvalue weighted by molar-refractivity contribution is -0.663. The van der Waals surface area contributed by atoms with Crippen molar-refractivity contribution in [3.8, 4) is 5.69 Å². The molecule has 2 aliphatic rings. The Kier molecular flexibility index (Phi) is 6.56. The van der Waals surface area contributed by atoms with Gasteiger partial charge in [-0.2, -0.15) is 5.10 Å². The average Bonchev–Trinajstić information content (AvgIpc) is 3.18. The van der Waals surface area contributed by atoms with Crippen LogP contribution in [0.3, 0.4) is 0 Å². The Labute approximate surface area is 172 Å². The summed E-state index contributed by atoms with van der Waals surface area (Å²) in [5, 5.41) is 6.30. The number of nitrogens with zero attached hydrogens (tertiary/aromatic N) is 3. The number of ether oxygens (including phenoxy) is 1. The third kappa shape index (κ3) is 4.85. The van der Waals surface area contributed by atoms with E-state index in [4.69, 9.17) is 4.74 Å². The van der Waals surface area contributed by atoms with E-state index in [1.807, 2.05) is 35.0 Å². The van der Waals surface area contributed by atoms with Gasteiger partial charge in [0.2, 0.25) is 5.91 Å². The first-order chi connectivity index (χ1) is 14.2. The molecule has 0 radical (unpaired) electrons. The summed E-state index contributed by atoms with van der Waals surface area (Å²) in [6.45, 7) is 5.75. The van der Waals surface area contributed by atoms with Crippen LogP contribution in [0.15, 0.2) is 30.3 Å². The van der Waals surface area contributed by atoms with Crippen molar-refractivity contribution in [2.75, 3.05) is 31.6 Å². The topological polar surface area (TPSA) is 74.1 Å². The fraction of sp³-hybridized carbons (Fsp3) is 0.591. The smallest absolute Gasteiger partial charge is 0.354 e. The second-order valence-electron chi connectivity index (χ2n) is 8.06. The van der Waals surface area contributed by atoms with Gasteiger partial charge in [0.1, 0.15) is 0 Å². The Bertz CT molecular complexity index is 801. The highest BCUT2D eigenvalue weighted by molar-refractivity contribution is 5.93. The first-order valence-electron chi connectivity index (χ1n) is 10.9. The molecule has 2 N–H and O–H groups in total. The van der Waals surface area contributed by atoms with Gasteiger partial charge in [-0.05, 0) is 55.3 Å². The summed E-state index contributed by atoms with van der Waals surface area (Å²) in [4.78, 5) is 20.1. The van der Waals surface area contributed by atoms with E-state index in [1.54, 1.807) is 0 Å². The summed E-state index contributed by atoms with van der Waals surface area (Å²) in [5.74, 6) is 2.10. The predicted octanol–water partition coefficient (Wildman–Crippen LogP) is 2.47. The third-order valence-electron chi connectivity index (χ3n) is 6.04. The Morgan fingerprint density at radius 2 is 2.03 bits per heavy atom. The lowest BCUT2D eigenvalue weighted by Gasteiger charge is -2.37. The van der Waals surface area contributed by atoms with E-state index in [0.29, 0.717) is 11.9 Å². The number of aromatic amines is 1. The molecule has 1 atom stereocenters. The van der Waals surface area contributed by atoms with Crippen LogP contribution in [0.5, 0.6) is 0 Å². The van der Waals surface area contributed by atoms with Crippen molar-refractivity contribution < 1.29 is 14.2 Å². The Morgan fingerprint density at radius 3 is 2.79 bits per heavy atom. The SMILES string of the molecule is CCc1nc(NC(=O)C2CCCCN2CC2CCOCC2)[nH][n+]1-c1ccccc1. The van der Waals surface area contributed by atoms with Crippen molar-refractivity contribution in [1.29, 1.82) is 0 Å². The summed E-state index contributed by atoms with van der Waals surface area (Å²) in [6.07, 6.45) is 6.15. The first kappa shape index (κ1) is 20.0. The highest BCUT2D eigenvalue weighted by Crippen LogP contribution is 2.23. The van der Waals surface area contributed by atoms with E-state index in [-0.39, 0.29) is 11.9 Å². The quantitative estimate of drug-likeness (QED) is 0.733. The number of hydrogen-bond donors (Lipinski definition) is 2. The fourth-order valence-electron chi connectivity index (χ4n) is 4.43. The van der Waals surface area contributed by atoms with E-state index in [1.165, 1.54) is 6.42 Å². The minimum atomic E-state index is -0.0769. The summed E-state index contributed by atoms with van der Waals surface area (Å²) >= 11 is 0. The van der Waals surface area contributed by atoms with Crippen LogP contribution in [0.4, 0.5) is 5.95 Å². The van der Waals surface area contributed by atoms with Crippen molar-refractivity contribution in [2.45, 2.75) is 51.5 Å². The second kappa shape index (κ2) is 9.50. The number of hydrogen-bond acceptors (Lipinski definition) is 4. The molecule has 4 rings (SSSR count). The molecule has 1 unspecified atom stereocenters. The predicted molar refractivity (Wildman–Crippen MR) is 111 cm³/mol. The van der Waals surface area contributed by atoms with Crippen molar-refractivity contribution in [2.24, 2.45) is 5.92 Å². The van der Waals surface area contributed by atoms with Gasteiger partial charge < -0.3 is 4.74 Å². The van der Waals surface area contributed by atoms with Crippen LogP contribution in [0.1, 0.15) is 44.9 Å². The number of carbonyl (C=O) groups excluding carboxylic acids is 1. The summed E-state index contributed by atoms with van der Waals surface area (Å²) in [6, 6.07) is 9.96. The second-order valence-corrected chi connectivity index (χ2v) is 8.06. The van der Waals surface area contributed by atoms with E-state index in [0.717, 1.165) is 69.9 Å². The van der Waals surface area contributed by atoms with Crippen molar-refractivity contribution >= 4 is 11.9 Å². The van der Waals surface area contributed by atoms with Gasteiger partial charge in [0.25, 0.3) is 0 Å². The molecule has 1 aromatic heterocycles. The molecule has 0 spiro atoms. The number of aryl methyl sites for hydroxylation is 1. The number of rotatable bonds is 6. The van der Waals surface area contributed by atoms with Gasteiger partial charge in [-0.25, -0.2) is 0 Å². The highest BCUT2D eigenvalue weighted by Gasteiger charge is 2.32. The van der Waals surface area contributed by atoms with Crippen molar-refractivity contribution in [3.05, 3.63) is 36.2 Å². The molecule has 2 saturated heterocycles. The maximum Gasteiger partial charge on any atom is 0.354 e. The number of piperidine rings is 1. The molecular formula is C22H32N5O2+. The summed E-state index contributed by atoms with van der Waals surface area (Å²) in [5.41, 5.74) is 1.01. The first-order valence-corrected chi connectivity index (χ1v) is 10.9. The van der Waals surface area contributed by atoms with Crippen molar-refractivity contribution in [1.82, 2.24) is 15.0 Å². The largest absolute Gasteiger partial charge is 0.381 e. The summed E-state index contributed by atoms with van der Waals surface area (Å²) in [7, 11) is 0. The van der Waals surface area contributed by atoms with Gasteiger partial charge in [-0.15, -0.1) is 4.68 Å². The number of amides is 1. The molecule has 0 aliphatic carbocycles. The van der Waals surface area contributed by atoms with Crippen LogP contribution >= 0.6 is 0 Å². The molecule has 2 fully saturated rings. The number of carbonyl (C=O) groups is 1. The van der Waals surface area contributed by atoms with Crippen LogP contribution in [-0.2, 0) is 16.0 Å². The monoisotopic (exact) mass is 398 g/mol. The van der Waals surface area contributed by atoms with Crippen LogP contribution in [0, 0.1) is 5.92 Å². The average molecular weight is 399 g/mol. The molecule has 1 aromatic carbocycles. The molecule has 2 aliphatic heterocycles. The fourth-order valence-corrected chi connectivity index (χ4v) is 4.43. The molecule has 156 valence electrons. The zero-order valence-electron chi connectivity index (χ0n) is 17.3. The van der Waals surface area contributed by atoms with Crippen molar-refractivity contribution in [3.63, 3.8) is 0 Å². The van der Waals surface area contributed by atoms with Crippen LogP contribution < -0.4 is 10.00 Å². The Hall–Kier alpha value is -2.25.